The number of rotatable bonds is 6. The second-order valence-electron chi connectivity index (χ2n) is 5.80. The van der Waals surface area contributed by atoms with Crippen LogP contribution in [0.3, 0.4) is 0 Å². The molecule has 3 rings (SSSR count). The van der Waals surface area contributed by atoms with E-state index in [-0.39, 0.29) is 36.8 Å². The lowest BCUT2D eigenvalue weighted by molar-refractivity contribution is -0.121. The number of carbonyl (C=O) groups is 1. The number of nitrogens with zero attached hydrogens (tertiary/aromatic N) is 3. The summed E-state index contributed by atoms with van der Waals surface area (Å²) in [5.41, 5.74) is 0. The lowest BCUT2D eigenvalue weighted by Crippen LogP contribution is -2.39. The van der Waals surface area contributed by atoms with Crippen molar-refractivity contribution in [1.82, 2.24) is 25.4 Å². The SMILES string of the molecule is CCc1nc2n(n1)CCCC2NC(=O)CNCC1CC1.Cl.Cl. The van der Waals surface area contributed by atoms with Gasteiger partial charge < -0.3 is 10.6 Å². The molecule has 1 aromatic rings. The fourth-order valence-electron chi connectivity index (χ4n) is 2.64. The molecule has 1 saturated carbocycles. The van der Waals surface area contributed by atoms with Gasteiger partial charge in [-0.15, -0.1) is 24.8 Å². The summed E-state index contributed by atoms with van der Waals surface area (Å²) >= 11 is 0. The van der Waals surface area contributed by atoms with E-state index < -0.39 is 0 Å². The number of hydrogen-bond acceptors (Lipinski definition) is 4. The van der Waals surface area contributed by atoms with Gasteiger partial charge in [0, 0.05) is 13.0 Å². The summed E-state index contributed by atoms with van der Waals surface area (Å²) in [4.78, 5) is 16.5. The van der Waals surface area contributed by atoms with Crippen molar-refractivity contribution in [1.29, 1.82) is 0 Å². The lowest BCUT2D eigenvalue weighted by Gasteiger charge is -2.23. The predicted molar refractivity (Wildman–Crippen MR) is 89.6 cm³/mol. The highest BCUT2D eigenvalue weighted by atomic mass is 35.5. The third kappa shape index (κ3) is 4.83. The molecule has 2 aliphatic rings. The Kier molecular flexibility index (Phi) is 7.59. The predicted octanol–water partition coefficient (Wildman–Crippen LogP) is 1.63. The molecule has 1 atom stereocenters. The summed E-state index contributed by atoms with van der Waals surface area (Å²) in [6, 6.07) is 0.0202. The van der Waals surface area contributed by atoms with E-state index in [1.807, 2.05) is 4.68 Å². The van der Waals surface area contributed by atoms with Crippen molar-refractivity contribution in [2.24, 2.45) is 5.92 Å². The topological polar surface area (TPSA) is 71.8 Å². The molecule has 8 heteroatoms. The second-order valence-corrected chi connectivity index (χ2v) is 5.80. The van der Waals surface area contributed by atoms with Crippen molar-refractivity contribution in [2.75, 3.05) is 13.1 Å². The van der Waals surface area contributed by atoms with Crippen molar-refractivity contribution in [3.63, 3.8) is 0 Å². The van der Waals surface area contributed by atoms with Gasteiger partial charge in [-0.3, -0.25) is 4.79 Å². The second kappa shape index (κ2) is 8.70. The number of hydrogen-bond donors (Lipinski definition) is 2. The molecule has 2 N–H and O–H groups in total. The Labute approximate surface area is 143 Å². The van der Waals surface area contributed by atoms with Crippen LogP contribution in [0.1, 0.15) is 50.3 Å². The van der Waals surface area contributed by atoms with Gasteiger partial charge in [0.15, 0.2) is 5.82 Å². The molecule has 2 heterocycles. The Hall–Kier alpha value is -0.850. The molecule has 1 unspecified atom stereocenters. The van der Waals surface area contributed by atoms with E-state index in [9.17, 15) is 4.79 Å². The first kappa shape index (κ1) is 19.2. The lowest BCUT2D eigenvalue weighted by atomic mass is 10.1. The molecule has 1 aliphatic carbocycles. The highest BCUT2D eigenvalue weighted by molar-refractivity contribution is 5.85. The van der Waals surface area contributed by atoms with Crippen LogP contribution in [0, 0.1) is 5.92 Å². The minimum absolute atomic E-state index is 0. The van der Waals surface area contributed by atoms with Crippen LogP contribution in [0.2, 0.25) is 0 Å². The molecule has 6 nitrogen and oxygen atoms in total. The summed E-state index contributed by atoms with van der Waals surface area (Å²) in [5, 5.41) is 10.8. The average Bonchev–Trinajstić information content (AvgIpc) is 3.16. The number of amides is 1. The summed E-state index contributed by atoms with van der Waals surface area (Å²) in [6.07, 6.45) is 5.44. The number of aryl methyl sites for hydroxylation is 2. The van der Waals surface area contributed by atoms with Crippen LogP contribution >= 0.6 is 24.8 Å². The molecule has 0 aromatic carbocycles. The van der Waals surface area contributed by atoms with Crippen LogP contribution in [0.4, 0.5) is 0 Å². The summed E-state index contributed by atoms with van der Waals surface area (Å²) < 4.78 is 1.95. The molecule has 1 aromatic heterocycles. The van der Waals surface area contributed by atoms with Crippen LogP contribution in [0.25, 0.3) is 0 Å². The first-order chi connectivity index (χ1) is 9.76. The Morgan fingerprint density at radius 1 is 1.32 bits per heavy atom. The highest BCUT2D eigenvalue weighted by Crippen LogP contribution is 2.27. The van der Waals surface area contributed by atoms with Gasteiger partial charge >= 0.3 is 0 Å². The number of carbonyl (C=O) groups excluding carboxylic acids is 1. The Morgan fingerprint density at radius 2 is 2.09 bits per heavy atom. The van der Waals surface area contributed by atoms with Crippen LogP contribution in [0.15, 0.2) is 0 Å². The zero-order valence-electron chi connectivity index (χ0n) is 12.9. The Morgan fingerprint density at radius 3 is 2.77 bits per heavy atom. The summed E-state index contributed by atoms with van der Waals surface area (Å²) in [6.45, 7) is 4.33. The number of aromatic nitrogens is 3. The Bertz CT molecular complexity index is 490. The monoisotopic (exact) mass is 349 g/mol. The zero-order valence-corrected chi connectivity index (χ0v) is 14.5. The molecule has 0 radical (unpaired) electrons. The van der Waals surface area contributed by atoms with Gasteiger partial charge in [-0.25, -0.2) is 9.67 Å². The van der Waals surface area contributed by atoms with E-state index in [1.54, 1.807) is 0 Å². The normalized spacial score (nSPS) is 19.6. The van der Waals surface area contributed by atoms with E-state index in [4.69, 9.17) is 0 Å². The molecule has 0 spiro atoms. The maximum absolute atomic E-state index is 12.0. The van der Waals surface area contributed by atoms with E-state index in [1.165, 1.54) is 12.8 Å². The third-order valence-corrected chi connectivity index (χ3v) is 3.99. The molecular formula is C14H25Cl2N5O. The standard InChI is InChI=1S/C14H23N5O.2ClH/c1-2-12-17-14-11(4-3-7-19(14)18-12)16-13(20)9-15-8-10-5-6-10;;/h10-11,15H,2-9H2,1H3,(H,16,20);2*1H. The summed E-state index contributed by atoms with van der Waals surface area (Å²) in [5.74, 6) is 2.65. The largest absolute Gasteiger partial charge is 0.345 e. The number of nitrogens with one attached hydrogen (secondary N) is 2. The van der Waals surface area contributed by atoms with E-state index in [0.717, 1.165) is 49.9 Å². The van der Waals surface area contributed by atoms with E-state index in [2.05, 4.69) is 27.6 Å². The zero-order chi connectivity index (χ0) is 13.9. The van der Waals surface area contributed by atoms with Crippen LogP contribution in [0.5, 0.6) is 0 Å². The van der Waals surface area contributed by atoms with E-state index in [0.29, 0.717) is 6.54 Å². The number of halogens is 2. The van der Waals surface area contributed by atoms with Crippen LogP contribution in [-0.2, 0) is 17.8 Å². The van der Waals surface area contributed by atoms with Gasteiger partial charge in [0.25, 0.3) is 0 Å². The van der Waals surface area contributed by atoms with Gasteiger partial charge in [0.05, 0.1) is 12.6 Å². The highest BCUT2D eigenvalue weighted by Gasteiger charge is 2.25. The molecule has 0 bridgehead atoms. The van der Waals surface area contributed by atoms with Crippen molar-refractivity contribution in [2.45, 2.75) is 51.6 Å². The molecule has 126 valence electrons. The minimum atomic E-state index is 0. The third-order valence-electron chi connectivity index (χ3n) is 3.99. The van der Waals surface area contributed by atoms with Crippen molar-refractivity contribution in [3.8, 4) is 0 Å². The summed E-state index contributed by atoms with van der Waals surface area (Å²) in [7, 11) is 0. The van der Waals surface area contributed by atoms with Gasteiger partial charge in [-0.05, 0) is 38.1 Å². The first-order valence-corrected chi connectivity index (χ1v) is 7.70. The molecule has 1 amide bonds. The molecule has 22 heavy (non-hydrogen) atoms. The number of fused-ring (bicyclic) bond motifs is 1. The van der Waals surface area contributed by atoms with Crippen LogP contribution in [-0.4, -0.2) is 33.8 Å². The molecule has 0 saturated heterocycles. The Balaban J connectivity index is 0.00000121. The van der Waals surface area contributed by atoms with Gasteiger partial charge in [-0.2, -0.15) is 5.10 Å². The fraction of sp³-hybridized carbons (Fsp3) is 0.786. The smallest absolute Gasteiger partial charge is 0.234 e. The van der Waals surface area contributed by atoms with Gasteiger partial charge in [0.2, 0.25) is 5.91 Å². The first-order valence-electron chi connectivity index (χ1n) is 7.70. The molecular weight excluding hydrogens is 325 g/mol. The van der Waals surface area contributed by atoms with Crippen molar-refractivity contribution < 1.29 is 4.79 Å². The molecule has 1 aliphatic heterocycles. The van der Waals surface area contributed by atoms with Crippen LogP contribution < -0.4 is 10.6 Å². The van der Waals surface area contributed by atoms with E-state index >= 15 is 0 Å². The quantitative estimate of drug-likeness (QED) is 0.818. The van der Waals surface area contributed by atoms with Crippen molar-refractivity contribution >= 4 is 30.7 Å². The fourth-order valence-corrected chi connectivity index (χ4v) is 2.64. The maximum atomic E-state index is 12.0. The molecule has 1 fully saturated rings. The van der Waals surface area contributed by atoms with Gasteiger partial charge in [-0.1, -0.05) is 6.92 Å². The van der Waals surface area contributed by atoms with Crippen molar-refractivity contribution in [3.05, 3.63) is 11.6 Å². The van der Waals surface area contributed by atoms with Gasteiger partial charge in [0.1, 0.15) is 5.82 Å². The maximum Gasteiger partial charge on any atom is 0.234 e. The average molecular weight is 350 g/mol. The minimum Gasteiger partial charge on any atom is -0.345 e.